The maximum absolute atomic E-state index is 14.9. The molecule has 0 atom stereocenters. The number of carbonyl (C=O) groups is 4. The Kier molecular flexibility index (Phi) is 12.2. The van der Waals surface area contributed by atoms with Gasteiger partial charge < -0.3 is 18.9 Å². The number of halogens is 3. The second-order valence-corrected chi connectivity index (χ2v) is 16.6. The molecule has 0 N–H and O–H groups in total. The number of hydrogen-bond donors (Lipinski definition) is 0. The summed E-state index contributed by atoms with van der Waals surface area (Å²) in [6, 6.07) is 36.0. The van der Waals surface area contributed by atoms with E-state index in [9.17, 15) is 32.3 Å². The van der Waals surface area contributed by atoms with E-state index >= 15 is 0 Å². The van der Waals surface area contributed by atoms with Gasteiger partial charge in [-0.05, 0) is 159 Å². The van der Waals surface area contributed by atoms with Crippen LogP contribution in [0.1, 0.15) is 33.3 Å². The molecule has 68 heavy (non-hydrogen) atoms. The van der Waals surface area contributed by atoms with Crippen molar-refractivity contribution in [2.24, 2.45) is 0 Å². The molecule has 0 aromatic heterocycles. The van der Waals surface area contributed by atoms with Gasteiger partial charge >= 0.3 is 30.1 Å². The summed E-state index contributed by atoms with van der Waals surface area (Å²) in [5.74, 6) is -2.68. The first kappa shape index (κ1) is 46.0. The fourth-order valence-corrected chi connectivity index (χ4v) is 7.53. The molecule has 0 amide bonds. The minimum absolute atomic E-state index is 0.0107. The van der Waals surface area contributed by atoms with Crippen LogP contribution in [0, 0.1) is 0 Å². The lowest BCUT2D eigenvalue weighted by atomic mass is 9.92. The van der Waals surface area contributed by atoms with Gasteiger partial charge in [0.05, 0.1) is 5.56 Å². The molecule has 0 spiro atoms. The predicted molar refractivity (Wildman–Crippen MR) is 260 cm³/mol. The van der Waals surface area contributed by atoms with E-state index in [1.165, 1.54) is 39.8 Å². The minimum atomic E-state index is -4.68. The Morgan fingerprint density at radius 3 is 1.29 bits per heavy atom. The van der Waals surface area contributed by atoms with E-state index in [0.29, 0.717) is 49.0 Å². The highest BCUT2D eigenvalue weighted by molar-refractivity contribution is 6.06. The van der Waals surface area contributed by atoms with Gasteiger partial charge in [0.15, 0.2) is 23.0 Å². The van der Waals surface area contributed by atoms with Gasteiger partial charge in [-0.25, -0.2) is 19.2 Å². The van der Waals surface area contributed by atoms with Gasteiger partial charge in [0, 0.05) is 27.7 Å². The first-order chi connectivity index (χ1) is 32.2. The van der Waals surface area contributed by atoms with Crippen LogP contribution in [-0.2, 0) is 25.4 Å². The molecule has 0 heterocycles. The lowest BCUT2D eigenvalue weighted by Gasteiger charge is -2.16. The zero-order chi connectivity index (χ0) is 48.8. The predicted octanol–water partition coefficient (Wildman–Crippen LogP) is 14.2. The normalized spacial score (nSPS) is 11.3. The third kappa shape index (κ3) is 9.41. The first-order valence-electron chi connectivity index (χ1n) is 21.1. The van der Waals surface area contributed by atoms with E-state index in [4.69, 9.17) is 18.9 Å². The van der Waals surface area contributed by atoms with Gasteiger partial charge in [0.2, 0.25) is 0 Å². The molecular weight excluding hydrogens is 870 g/mol. The van der Waals surface area contributed by atoms with E-state index in [2.05, 4.69) is 26.3 Å². The molecule has 8 rings (SSSR count). The molecule has 0 saturated heterocycles. The van der Waals surface area contributed by atoms with Crippen LogP contribution in [0.15, 0.2) is 176 Å². The number of rotatable bonds is 11. The highest BCUT2D eigenvalue weighted by Gasteiger charge is 2.34. The zero-order valence-electron chi connectivity index (χ0n) is 37.4. The molecule has 338 valence electrons. The largest absolute Gasteiger partial charge is 0.419 e. The lowest BCUT2D eigenvalue weighted by Crippen LogP contribution is -2.13. The number of fused-ring (bicyclic) bond motifs is 4. The van der Waals surface area contributed by atoms with Crippen molar-refractivity contribution in [1.82, 2.24) is 0 Å². The summed E-state index contributed by atoms with van der Waals surface area (Å²) >= 11 is 0. The topological polar surface area (TPSA) is 105 Å². The fourth-order valence-electron chi connectivity index (χ4n) is 7.53. The summed E-state index contributed by atoms with van der Waals surface area (Å²) in [4.78, 5) is 50.0. The first-order valence-corrected chi connectivity index (χ1v) is 21.1. The van der Waals surface area contributed by atoms with Gasteiger partial charge in [-0.2, -0.15) is 13.2 Å². The van der Waals surface area contributed by atoms with Gasteiger partial charge in [-0.3, -0.25) is 0 Å². The maximum atomic E-state index is 14.9. The summed E-state index contributed by atoms with van der Waals surface area (Å²) in [7, 11) is 0. The molecule has 0 aliphatic heterocycles. The SMILES string of the molecule is C=C(C)C(=O)Oc1cc2cc3ccc(-c4ccc(-c5ccc(-c6ccc7cc8c(OC(=O)C(=C)C)c(OC(=O)C(=C)C)ccc8cc7c6)cc5C(F)(F)F)cc4)cc3cc2cc1OC(=O)C(=C)C. The quantitative estimate of drug-likeness (QED) is 0.0547. The van der Waals surface area contributed by atoms with Gasteiger partial charge in [0.1, 0.15) is 0 Å². The molecule has 0 bridgehead atoms. The van der Waals surface area contributed by atoms with Crippen molar-refractivity contribution >= 4 is 67.0 Å². The summed E-state index contributed by atoms with van der Waals surface area (Å²) < 4.78 is 66.9. The van der Waals surface area contributed by atoms with Crippen molar-refractivity contribution in [3.8, 4) is 56.4 Å². The lowest BCUT2D eigenvalue weighted by molar-refractivity contribution is -0.137. The van der Waals surface area contributed by atoms with Crippen molar-refractivity contribution in [3.63, 3.8) is 0 Å². The Hall–Kier alpha value is -8.57. The van der Waals surface area contributed by atoms with E-state index in [-0.39, 0.29) is 50.9 Å². The summed E-state index contributed by atoms with van der Waals surface area (Å²) in [6.45, 7) is 20.5. The summed E-state index contributed by atoms with van der Waals surface area (Å²) in [5, 5.41) is 5.60. The van der Waals surface area contributed by atoms with Crippen molar-refractivity contribution in [2.75, 3.05) is 0 Å². The third-order valence-corrected chi connectivity index (χ3v) is 11.1. The minimum Gasteiger partial charge on any atom is -0.419 e. The molecule has 0 radical (unpaired) electrons. The van der Waals surface area contributed by atoms with Crippen molar-refractivity contribution in [1.29, 1.82) is 0 Å². The molecule has 0 unspecified atom stereocenters. The van der Waals surface area contributed by atoms with E-state index in [1.807, 2.05) is 36.4 Å². The number of carbonyl (C=O) groups excluding carboxylic acids is 4. The number of hydrogen-bond acceptors (Lipinski definition) is 8. The molecule has 0 aliphatic carbocycles. The monoisotopic (exact) mass is 910 g/mol. The second kappa shape index (κ2) is 18.0. The highest BCUT2D eigenvalue weighted by Crippen LogP contribution is 2.43. The molecule has 11 heteroatoms. The smallest absolute Gasteiger partial charge is 0.417 e. The average Bonchev–Trinajstić information content (AvgIpc) is 3.30. The number of esters is 4. The van der Waals surface area contributed by atoms with Gasteiger partial charge in [-0.15, -0.1) is 0 Å². The molecule has 8 aromatic carbocycles. The Labute approximate surface area is 388 Å². The molecule has 8 aromatic rings. The van der Waals surface area contributed by atoms with Crippen LogP contribution in [0.4, 0.5) is 13.2 Å². The molecule has 8 nitrogen and oxygen atoms in total. The van der Waals surface area contributed by atoms with Gasteiger partial charge in [-0.1, -0.05) is 93.0 Å². The van der Waals surface area contributed by atoms with Crippen LogP contribution in [0.25, 0.3) is 76.5 Å². The molecular formula is C57H41F3O8. The third-order valence-electron chi connectivity index (χ3n) is 11.1. The zero-order valence-corrected chi connectivity index (χ0v) is 37.4. The van der Waals surface area contributed by atoms with Gasteiger partial charge in [0.25, 0.3) is 0 Å². The number of benzene rings is 8. The Morgan fingerprint density at radius 1 is 0.382 bits per heavy atom. The van der Waals surface area contributed by atoms with E-state index in [0.717, 1.165) is 28.0 Å². The number of ether oxygens (including phenoxy) is 4. The molecule has 0 saturated carbocycles. The number of alkyl halides is 3. The van der Waals surface area contributed by atoms with Crippen molar-refractivity contribution in [2.45, 2.75) is 33.9 Å². The summed E-state index contributed by atoms with van der Waals surface area (Å²) in [5.41, 5.74) is 2.68. The van der Waals surface area contributed by atoms with Crippen molar-refractivity contribution in [3.05, 3.63) is 182 Å². The molecule has 0 aliphatic rings. The van der Waals surface area contributed by atoms with Crippen LogP contribution in [0.2, 0.25) is 0 Å². The average molecular weight is 911 g/mol. The Bertz CT molecular complexity index is 3520. The van der Waals surface area contributed by atoms with Crippen molar-refractivity contribution < 1.29 is 51.3 Å². The Balaban J connectivity index is 1.10. The maximum Gasteiger partial charge on any atom is 0.417 e. The second-order valence-electron chi connectivity index (χ2n) is 16.6. The van der Waals surface area contributed by atoms with Crippen LogP contribution in [0.5, 0.6) is 23.0 Å². The highest BCUT2D eigenvalue weighted by atomic mass is 19.4. The van der Waals surface area contributed by atoms with Crippen LogP contribution in [0.3, 0.4) is 0 Å². The van der Waals surface area contributed by atoms with Crippen LogP contribution < -0.4 is 18.9 Å². The fraction of sp³-hybridized carbons (Fsp3) is 0.0877. The molecule has 0 fully saturated rings. The summed E-state index contributed by atoms with van der Waals surface area (Å²) in [6.07, 6.45) is -4.68. The van der Waals surface area contributed by atoms with E-state index < -0.39 is 35.6 Å². The van der Waals surface area contributed by atoms with Crippen LogP contribution >= 0.6 is 0 Å². The van der Waals surface area contributed by atoms with E-state index in [1.54, 1.807) is 72.8 Å². The Morgan fingerprint density at radius 2 is 0.765 bits per heavy atom. The standard InChI is InChI=1S/C57H41F3O8/c1-30(2)53(61)65-49-20-18-41-24-42-22-37(14-16-39(42)26-47(41)52(49)68-56(64)33(7)8)40-17-19-46(48(27-40)57(58,59)60)35-11-9-34(10-12-35)36-13-15-38-23-44-28-50(66-54(62)31(3)4)51(67-55(63)32(5)6)29-45(44)25-43(38)21-36/h9-29H,1,3,5,7H2,2,4,6,8H3. The van der Waals surface area contributed by atoms with Crippen LogP contribution in [-0.4, -0.2) is 23.9 Å².